The molecular weight excluding hydrogens is 190 g/mol. The van der Waals surface area contributed by atoms with Crippen LogP contribution in [0.2, 0.25) is 0 Å². The van der Waals surface area contributed by atoms with E-state index in [0.717, 1.165) is 5.56 Å². The molecule has 2 rings (SSSR count). The van der Waals surface area contributed by atoms with Gasteiger partial charge in [0, 0.05) is 5.56 Å². The van der Waals surface area contributed by atoms with E-state index in [9.17, 15) is 0 Å². The zero-order valence-electron chi connectivity index (χ0n) is 8.22. The Labute approximate surface area is 87.5 Å². The fourth-order valence-electron chi connectivity index (χ4n) is 1.44. The summed E-state index contributed by atoms with van der Waals surface area (Å²) in [5, 5.41) is 4.24. The SMILES string of the molecule is NCn1nc(-c2ccccc2)c(N)c1N. The number of hydrogen-bond donors (Lipinski definition) is 3. The van der Waals surface area contributed by atoms with Crippen LogP contribution in [-0.2, 0) is 6.67 Å². The maximum Gasteiger partial charge on any atom is 0.147 e. The van der Waals surface area contributed by atoms with E-state index in [0.29, 0.717) is 17.2 Å². The van der Waals surface area contributed by atoms with E-state index in [4.69, 9.17) is 17.2 Å². The predicted molar refractivity (Wildman–Crippen MR) is 60.7 cm³/mol. The van der Waals surface area contributed by atoms with E-state index in [1.165, 1.54) is 4.68 Å². The van der Waals surface area contributed by atoms with Gasteiger partial charge in [-0.1, -0.05) is 30.3 Å². The van der Waals surface area contributed by atoms with E-state index >= 15 is 0 Å². The van der Waals surface area contributed by atoms with Crippen LogP contribution in [0.25, 0.3) is 11.3 Å². The zero-order chi connectivity index (χ0) is 10.8. The number of rotatable bonds is 2. The first-order valence-electron chi connectivity index (χ1n) is 4.61. The normalized spacial score (nSPS) is 10.5. The molecule has 78 valence electrons. The Kier molecular flexibility index (Phi) is 2.31. The number of nitrogen functional groups attached to an aromatic ring is 2. The second kappa shape index (κ2) is 3.62. The highest BCUT2D eigenvalue weighted by molar-refractivity contribution is 5.80. The van der Waals surface area contributed by atoms with Gasteiger partial charge >= 0.3 is 0 Å². The molecule has 1 aromatic heterocycles. The average molecular weight is 203 g/mol. The summed E-state index contributed by atoms with van der Waals surface area (Å²) < 4.78 is 1.48. The molecule has 0 saturated heterocycles. The van der Waals surface area contributed by atoms with Gasteiger partial charge < -0.3 is 17.2 Å². The summed E-state index contributed by atoms with van der Waals surface area (Å²) >= 11 is 0. The quantitative estimate of drug-likeness (QED) is 0.667. The number of hydrogen-bond acceptors (Lipinski definition) is 4. The fraction of sp³-hybridized carbons (Fsp3) is 0.100. The van der Waals surface area contributed by atoms with Crippen LogP contribution in [0.15, 0.2) is 30.3 Å². The van der Waals surface area contributed by atoms with Crippen molar-refractivity contribution in [2.45, 2.75) is 6.67 Å². The number of nitrogens with zero attached hydrogens (tertiary/aromatic N) is 2. The zero-order valence-corrected chi connectivity index (χ0v) is 8.22. The Morgan fingerprint density at radius 1 is 1.13 bits per heavy atom. The maximum atomic E-state index is 5.85. The summed E-state index contributed by atoms with van der Waals surface area (Å²) in [7, 11) is 0. The third-order valence-corrected chi connectivity index (χ3v) is 2.25. The number of aromatic nitrogens is 2. The third kappa shape index (κ3) is 1.53. The van der Waals surface area contributed by atoms with E-state index in [-0.39, 0.29) is 6.67 Å². The van der Waals surface area contributed by atoms with Gasteiger partial charge in [-0.15, -0.1) is 0 Å². The maximum absolute atomic E-state index is 5.85. The van der Waals surface area contributed by atoms with Crippen LogP contribution >= 0.6 is 0 Å². The van der Waals surface area contributed by atoms with Crippen molar-refractivity contribution in [1.82, 2.24) is 9.78 Å². The molecule has 0 atom stereocenters. The van der Waals surface area contributed by atoms with Gasteiger partial charge in [-0.05, 0) is 0 Å². The minimum Gasteiger partial charge on any atom is -0.394 e. The lowest BCUT2D eigenvalue weighted by Gasteiger charge is -1.96. The van der Waals surface area contributed by atoms with Gasteiger partial charge in [0.2, 0.25) is 0 Å². The van der Waals surface area contributed by atoms with Crippen molar-refractivity contribution in [2.75, 3.05) is 11.5 Å². The summed E-state index contributed by atoms with van der Waals surface area (Å²) in [5.41, 5.74) is 19.2. The van der Waals surface area contributed by atoms with E-state index in [1.807, 2.05) is 30.3 Å². The first-order valence-corrected chi connectivity index (χ1v) is 4.61. The number of benzene rings is 1. The summed E-state index contributed by atoms with van der Waals surface area (Å²) in [6, 6.07) is 9.64. The molecule has 0 radical (unpaired) electrons. The van der Waals surface area contributed by atoms with Crippen LogP contribution < -0.4 is 17.2 Å². The van der Waals surface area contributed by atoms with E-state index in [2.05, 4.69) is 5.10 Å². The fourth-order valence-corrected chi connectivity index (χ4v) is 1.44. The van der Waals surface area contributed by atoms with Crippen LogP contribution in [0.3, 0.4) is 0 Å². The third-order valence-electron chi connectivity index (χ3n) is 2.25. The lowest BCUT2D eigenvalue weighted by molar-refractivity contribution is 0.650. The second-order valence-corrected chi connectivity index (χ2v) is 3.20. The first kappa shape index (κ1) is 9.54. The highest BCUT2D eigenvalue weighted by atomic mass is 15.3. The molecular formula is C10H13N5. The lowest BCUT2D eigenvalue weighted by atomic mass is 10.1. The van der Waals surface area contributed by atoms with Crippen LogP contribution in [0.4, 0.5) is 11.5 Å². The molecule has 0 aliphatic carbocycles. The molecule has 0 spiro atoms. The van der Waals surface area contributed by atoms with Gasteiger partial charge in [-0.3, -0.25) is 0 Å². The van der Waals surface area contributed by atoms with Gasteiger partial charge in [-0.2, -0.15) is 5.10 Å². The van der Waals surface area contributed by atoms with E-state index < -0.39 is 0 Å². The monoisotopic (exact) mass is 203 g/mol. The molecule has 0 saturated carbocycles. The first-order chi connectivity index (χ1) is 7.24. The van der Waals surface area contributed by atoms with Crippen molar-refractivity contribution < 1.29 is 0 Å². The molecule has 1 aromatic carbocycles. The van der Waals surface area contributed by atoms with Crippen molar-refractivity contribution >= 4 is 11.5 Å². The Morgan fingerprint density at radius 2 is 1.80 bits per heavy atom. The van der Waals surface area contributed by atoms with Gasteiger partial charge in [0.25, 0.3) is 0 Å². The van der Waals surface area contributed by atoms with Crippen LogP contribution in [0, 0.1) is 0 Å². The lowest BCUT2D eigenvalue weighted by Crippen LogP contribution is -2.11. The van der Waals surface area contributed by atoms with Crippen molar-refractivity contribution in [2.24, 2.45) is 5.73 Å². The van der Waals surface area contributed by atoms with Crippen molar-refractivity contribution in [3.8, 4) is 11.3 Å². The summed E-state index contributed by atoms with van der Waals surface area (Å²) in [6.07, 6.45) is 0. The highest BCUT2D eigenvalue weighted by Crippen LogP contribution is 2.28. The van der Waals surface area contributed by atoms with Crippen molar-refractivity contribution in [3.05, 3.63) is 30.3 Å². The van der Waals surface area contributed by atoms with Crippen LogP contribution in [-0.4, -0.2) is 9.78 Å². The molecule has 0 aliphatic rings. The highest BCUT2D eigenvalue weighted by Gasteiger charge is 2.12. The molecule has 2 aromatic rings. The molecule has 5 nitrogen and oxygen atoms in total. The van der Waals surface area contributed by atoms with Crippen molar-refractivity contribution in [3.63, 3.8) is 0 Å². The van der Waals surface area contributed by atoms with E-state index in [1.54, 1.807) is 0 Å². The minimum atomic E-state index is 0.225. The molecule has 0 fully saturated rings. The summed E-state index contributed by atoms with van der Waals surface area (Å²) in [6.45, 7) is 0.225. The smallest absolute Gasteiger partial charge is 0.147 e. The Morgan fingerprint density at radius 3 is 2.33 bits per heavy atom. The Balaban J connectivity index is 2.55. The summed E-state index contributed by atoms with van der Waals surface area (Å²) in [5.74, 6) is 0.413. The molecule has 0 unspecified atom stereocenters. The standard InChI is InChI=1S/C10H13N5/c11-6-15-10(13)8(12)9(14-15)7-4-2-1-3-5-7/h1-5H,6,11-13H2. The number of anilines is 2. The minimum absolute atomic E-state index is 0.225. The van der Waals surface area contributed by atoms with Crippen molar-refractivity contribution in [1.29, 1.82) is 0 Å². The molecule has 0 amide bonds. The largest absolute Gasteiger partial charge is 0.394 e. The van der Waals surface area contributed by atoms with Crippen LogP contribution in [0.1, 0.15) is 0 Å². The number of nitrogens with two attached hydrogens (primary N) is 3. The second-order valence-electron chi connectivity index (χ2n) is 3.20. The molecule has 1 heterocycles. The van der Waals surface area contributed by atoms with Gasteiger partial charge in [0.05, 0.1) is 6.67 Å². The average Bonchev–Trinajstić information content (AvgIpc) is 2.57. The molecule has 15 heavy (non-hydrogen) atoms. The predicted octanol–water partition coefficient (Wildman–Crippen LogP) is 0.631. The summed E-state index contributed by atoms with van der Waals surface area (Å²) in [4.78, 5) is 0. The Hall–Kier alpha value is -2.01. The molecule has 6 N–H and O–H groups in total. The molecule has 0 bridgehead atoms. The van der Waals surface area contributed by atoms with Crippen LogP contribution in [0.5, 0.6) is 0 Å². The van der Waals surface area contributed by atoms with Gasteiger partial charge in [0.1, 0.15) is 17.2 Å². The van der Waals surface area contributed by atoms with Gasteiger partial charge in [0.15, 0.2) is 0 Å². The molecule has 5 heteroatoms. The molecule has 0 aliphatic heterocycles. The topological polar surface area (TPSA) is 95.9 Å². The Bertz CT molecular complexity index is 460. The van der Waals surface area contributed by atoms with Gasteiger partial charge in [-0.25, -0.2) is 4.68 Å².